The Balaban J connectivity index is 2.18. The van der Waals surface area contributed by atoms with Gasteiger partial charge in [0.25, 0.3) is 0 Å². The van der Waals surface area contributed by atoms with E-state index in [9.17, 15) is 9.59 Å². The second-order valence-corrected chi connectivity index (χ2v) is 7.40. The number of rotatable bonds is 4. The summed E-state index contributed by atoms with van der Waals surface area (Å²) in [4.78, 5) is 27.0. The van der Waals surface area contributed by atoms with Crippen LogP contribution in [0, 0.1) is 11.3 Å². The molecule has 4 nitrogen and oxygen atoms in total. The van der Waals surface area contributed by atoms with E-state index in [-0.39, 0.29) is 29.3 Å². The van der Waals surface area contributed by atoms with Crippen LogP contribution in [0.4, 0.5) is 0 Å². The van der Waals surface area contributed by atoms with Gasteiger partial charge in [0.05, 0.1) is 0 Å². The van der Waals surface area contributed by atoms with Gasteiger partial charge in [-0.25, -0.2) is 0 Å². The molecular weight excluding hydrogens is 252 g/mol. The Hall–Kier alpha value is -1.06. The fraction of sp³-hybridized carbons (Fsp3) is 0.875. The lowest BCUT2D eigenvalue weighted by molar-refractivity contribution is -0.154. The molecule has 0 spiro atoms. The molecule has 0 aromatic carbocycles. The largest absolute Gasteiger partial charge is 0.342 e. The van der Waals surface area contributed by atoms with Crippen molar-refractivity contribution in [3.8, 4) is 0 Å². The van der Waals surface area contributed by atoms with Gasteiger partial charge in [-0.15, -0.1) is 0 Å². The molecule has 1 saturated carbocycles. The zero-order chi connectivity index (χ0) is 14.9. The highest BCUT2D eigenvalue weighted by Gasteiger charge is 2.45. The predicted molar refractivity (Wildman–Crippen MR) is 79.1 cm³/mol. The topological polar surface area (TPSA) is 49.4 Å². The summed E-state index contributed by atoms with van der Waals surface area (Å²) in [5.74, 6) is 0.748. The normalized spacial score (nSPS) is 28.3. The number of nitrogens with zero attached hydrogens (tertiary/aromatic N) is 1. The Morgan fingerprint density at radius 3 is 2.35 bits per heavy atom. The SMILES string of the molecule is CCCC1C(=O)NC(C(C)(C)C)C(=O)N1CC1CCC1. The zero-order valence-corrected chi connectivity index (χ0v) is 13.2. The first-order chi connectivity index (χ1) is 9.34. The molecule has 1 aliphatic heterocycles. The highest BCUT2D eigenvalue weighted by atomic mass is 16.2. The van der Waals surface area contributed by atoms with Gasteiger partial charge in [-0.1, -0.05) is 40.5 Å². The van der Waals surface area contributed by atoms with Gasteiger partial charge >= 0.3 is 0 Å². The molecule has 1 heterocycles. The lowest BCUT2D eigenvalue weighted by atomic mass is 9.81. The number of hydrogen-bond donors (Lipinski definition) is 1. The van der Waals surface area contributed by atoms with Gasteiger partial charge in [-0.3, -0.25) is 9.59 Å². The summed E-state index contributed by atoms with van der Waals surface area (Å²) in [7, 11) is 0. The van der Waals surface area contributed by atoms with E-state index in [1.165, 1.54) is 19.3 Å². The molecule has 4 heteroatoms. The van der Waals surface area contributed by atoms with E-state index in [4.69, 9.17) is 0 Å². The van der Waals surface area contributed by atoms with E-state index in [2.05, 4.69) is 12.2 Å². The molecule has 2 fully saturated rings. The Labute approximate surface area is 122 Å². The minimum atomic E-state index is -0.386. The summed E-state index contributed by atoms with van der Waals surface area (Å²) in [6.45, 7) is 8.87. The number of nitrogens with one attached hydrogen (secondary N) is 1. The van der Waals surface area contributed by atoms with Crippen molar-refractivity contribution in [1.82, 2.24) is 10.2 Å². The number of carbonyl (C=O) groups excluding carboxylic acids is 2. The standard InChI is InChI=1S/C16H28N2O2/c1-5-7-12-14(19)17-13(16(2,3)4)15(20)18(12)10-11-8-6-9-11/h11-13H,5-10H2,1-4H3,(H,17,19). The summed E-state index contributed by atoms with van der Waals surface area (Å²) in [5.41, 5.74) is -0.234. The quantitative estimate of drug-likeness (QED) is 0.859. The number of hydrogen-bond acceptors (Lipinski definition) is 2. The van der Waals surface area contributed by atoms with Crippen LogP contribution in [0.3, 0.4) is 0 Å². The van der Waals surface area contributed by atoms with Crippen LogP contribution in [-0.4, -0.2) is 35.3 Å². The summed E-state index contributed by atoms with van der Waals surface area (Å²) in [6.07, 6.45) is 5.35. The fourth-order valence-electron chi connectivity index (χ4n) is 3.08. The summed E-state index contributed by atoms with van der Waals surface area (Å²) in [6, 6.07) is -0.644. The molecule has 2 unspecified atom stereocenters. The minimum absolute atomic E-state index is 0.0331. The van der Waals surface area contributed by atoms with Gasteiger partial charge in [0.15, 0.2) is 0 Å². The third kappa shape index (κ3) is 2.99. The van der Waals surface area contributed by atoms with Crippen LogP contribution in [0.25, 0.3) is 0 Å². The zero-order valence-electron chi connectivity index (χ0n) is 13.2. The molecule has 114 valence electrons. The third-order valence-corrected chi connectivity index (χ3v) is 4.60. The van der Waals surface area contributed by atoms with Crippen LogP contribution in [-0.2, 0) is 9.59 Å². The average Bonchev–Trinajstić information content (AvgIpc) is 2.29. The number of carbonyl (C=O) groups is 2. The van der Waals surface area contributed by atoms with Crippen molar-refractivity contribution in [2.24, 2.45) is 11.3 Å². The van der Waals surface area contributed by atoms with Gasteiger partial charge < -0.3 is 10.2 Å². The molecule has 1 N–H and O–H groups in total. The first-order valence-corrected chi connectivity index (χ1v) is 7.95. The monoisotopic (exact) mass is 280 g/mol. The molecular formula is C16H28N2O2. The van der Waals surface area contributed by atoms with Crippen molar-refractivity contribution in [2.75, 3.05) is 6.54 Å². The molecule has 0 aromatic rings. The van der Waals surface area contributed by atoms with Crippen molar-refractivity contribution < 1.29 is 9.59 Å². The van der Waals surface area contributed by atoms with Crippen molar-refractivity contribution in [2.45, 2.75) is 71.9 Å². The van der Waals surface area contributed by atoms with Crippen LogP contribution in [0.2, 0.25) is 0 Å². The summed E-state index contributed by atoms with van der Waals surface area (Å²) >= 11 is 0. The molecule has 0 aromatic heterocycles. The summed E-state index contributed by atoms with van der Waals surface area (Å²) in [5, 5.41) is 2.95. The smallest absolute Gasteiger partial charge is 0.246 e. The van der Waals surface area contributed by atoms with E-state index in [0.717, 1.165) is 19.4 Å². The molecule has 2 aliphatic rings. The Morgan fingerprint density at radius 1 is 1.25 bits per heavy atom. The van der Waals surface area contributed by atoms with Gasteiger partial charge in [0.1, 0.15) is 12.1 Å². The maximum atomic E-state index is 12.8. The second kappa shape index (κ2) is 5.74. The lowest BCUT2D eigenvalue weighted by Crippen LogP contribution is -2.67. The van der Waals surface area contributed by atoms with Crippen molar-refractivity contribution in [1.29, 1.82) is 0 Å². The molecule has 2 amide bonds. The Kier molecular flexibility index (Phi) is 4.40. The molecule has 20 heavy (non-hydrogen) atoms. The second-order valence-electron chi connectivity index (χ2n) is 7.40. The molecule has 2 rings (SSSR count). The van der Waals surface area contributed by atoms with Crippen molar-refractivity contribution in [3.05, 3.63) is 0 Å². The molecule has 0 radical (unpaired) electrons. The first-order valence-electron chi connectivity index (χ1n) is 7.95. The Bertz CT molecular complexity index is 382. The van der Waals surface area contributed by atoms with Gasteiger partial charge in [0, 0.05) is 6.54 Å². The predicted octanol–water partition coefficient (Wildman–Crippen LogP) is 2.33. The maximum absolute atomic E-state index is 12.8. The van der Waals surface area contributed by atoms with Crippen LogP contribution < -0.4 is 5.32 Å². The fourth-order valence-corrected chi connectivity index (χ4v) is 3.08. The molecule has 0 bridgehead atoms. The van der Waals surface area contributed by atoms with Crippen LogP contribution in [0.1, 0.15) is 59.8 Å². The first kappa shape index (κ1) is 15.3. The van der Waals surface area contributed by atoms with E-state index in [0.29, 0.717) is 5.92 Å². The van der Waals surface area contributed by atoms with Gasteiger partial charge in [-0.2, -0.15) is 0 Å². The summed E-state index contributed by atoms with van der Waals surface area (Å²) < 4.78 is 0. The lowest BCUT2D eigenvalue weighted by Gasteiger charge is -2.45. The van der Waals surface area contributed by atoms with Crippen LogP contribution >= 0.6 is 0 Å². The molecule has 2 atom stereocenters. The average molecular weight is 280 g/mol. The van der Waals surface area contributed by atoms with Crippen LogP contribution in [0.15, 0.2) is 0 Å². The van der Waals surface area contributed by atoms with Crippen molar-refractivity contribution >= 4 is 11.8 Å². The number of piperazine rings is 1. The van der Waals surface area contributed by atoms with Crippen LogP contribution in [0.5, 0.6) is 0 Å². The maximum Gasteiger partial charge on any atom is 0.246 e. The van der Waals surface area contributed by atoms with Gasteiger partial charge in [-0.05, 0) is 30.6 Å². The highest BCUT2D eigenvalue weighted by molar-refractivity contribution is 5.97. The minimum Gasteiger partial charge on any atom is -0.342 e. The Morgan fingerprint density at radius 2 is 1.90 bits per heavy atom. The van der Waals surface area contributed by atoms with E-state index in [1.807, 2.05) is 25.7 Å². The van der Waals surface area contributed by atoms with E-state index in [1.54, 1.807) is 0 Å². The van der Waals surface area contributed by atoms with Crippen molar-refractivity contribution in [3.63, 3.8) is 0 Å². The van der Waals surface area contributed by atoms with Gasteiger partial charge in [0.2, 0.25) is 11.8 Å². The van der Waals surface area contributed by atoms with E-state index < -0.39 is 0 Å². The third-order valence-electron chi connectivity index (χ3n) is 4.60. The molecule has 1 aliphatic carbocycles. The molecule has 1 saturated heterocycles. The highest BCUT2D eigenvalue weighted by Crippen LogP contribution is 2.31. The number of amides is 2. The van der Waals surface area contributed by atoms with E-state index >= 15 is 0 Å².